The number of pyridine rings is 1. The van der Waals surface area contributed by atoms with E-state index in [1.165, 1.54) is 12.8 Å². The predicted molar refractivity (Wildman–Crippen MR) is 65.9 cm³/mol. The van der Waals surface area contributed by atoms with Gasteiger partial charge in [-0.3, -0.25) is 0 Å². The summed E-state index contributed by atoms with van der Waals surface area (Å²) in [7, 11) is 0. The Morgan fingerprint density at radius 1 is 1.27 bits per heavy atom. The summed E-state index contributed by atoms with van der Waals surface area (Å²) in [5, 5.41) is 0. The molecule has 1 heterocycles. The van der Waals surface area contributed by atoms with Gasteiger partial charge in [0.2, 0.25) is 0 Å². The minimum atomic E-state index is 0.419. The fourth-order valence-electron chi connectivity index (χ4n) is 1.43. The molecule has 0 bridgehead atoms. The zero-order chi connectivity index (χ0) is 11.3. The average molecular weight is 208 g/mol. The predicted octanol–water partition coefficient (Wildman–Crippen LogP) is 1.87. The summed E-state index contributed by atoms with van der Waals surface area (Å²) >= 11 is 0. The molecule has 0 unspecified atom stereocenters. The number of nitrogens with zero attached hydrogens (tertiary/aromatic N) is 2. The Morgan fingerprint density at radius 2 is 2.00 bits per heavy atom. The van der Waals surface area contributed by atoms with Gasteiger partial charge in [0.05, 0.1) is 5.69 Å². The molecule has 0 saturated heterocycles. The van der Waals surface area contributed by atoms with Crippen molar-refractivity contribution in [3.8, 4) is 0 Å². The lowest BCUT2D eigenvalue weighted by Gasteiger charge is -2.22. The number of rotatable bonds is 5. The molecule has 1 aromatic rings. The average Bonchev–Trinajstić information content (AvgIpc) is 2.24. The van der Waals surface area contributed by atoms with Crippen molar-refractivity contribution >= 4 is 17.3 Å². The lowest BCUT2D eigenvalue weighted by molar-refractivity contribution is 0.725. The smallest absolute Gasteiger partial charge is 0.149 e. The highest BCUT2D eigenvalue weighted by molar-refractivity contribution is 5.62. The second-order valence-electron chi connectivity index (χ2n) is 3.58. The van der Waals surface area contributed by atoms with E-state index in [4.69, 9.17) is 11.5 Å². The minimum absolute atomic E-state index is 0.419. The molecule has 0 saturated carbocycles. The fraction of sp³-hybridized carbons (Fsp3) is 0.545. The lowest BCUT2D eigenvalue weighted by Crippen LogP contribution is -2.25. The molecule has 0 atom stereocenters. The zero-order valence-corrected chi connectivity index (χ0v) is 9.53. The Bertz CT molecular complexity index is 311. The van der Waals surface area contributed by atoms with Gasteiger partial charge in [0.1, 0.15) is 11.6 Å². The first-order valence-corrected chi connectivity index (χ1v) is 5.46. The molecular formula is C11H20N4. The van der Waals surface area contributed by atoms with Crippen LogP contribution in [0.4, 0.5) is 17.3 Å². The third-order valence-corrected chi connectivity index (χ3v) is 2.43. The van der Waals surface area contributed by atoms with Crippen LogP contribution in [0.3, 0.4) is 0 Å². The first-order valence-electron chi connectivity index (χ1n) is 5.46. The molecule has 4 N–H and O–H groups in total. The second kappa shape index (κ2) is 5.44. The van der Waals surface area contributed by atoms with E-state index in [0.29, 0.717) is 11.5 Å². The summed E-state index contributed by atoms with van der Waals surface area (Å²) in [5.41, 5.74) is 11.9. The molecule has 0 amide bonds. The molecule has 0 aliphatic rings. The Balaban J connectivity index is 2.78. The zero-order valence-electron chi connectivity index (χ0n) is 9.53. The highest BCUT2D eigenvalue weighted by Gasteiger charge is 2.06. The molecule has 0 radical (unpaired) electrons. The fourth-order valence-corrected chi connectivity index (χ4v) is 1.43. The van der Waals surface area contributed by atoms with Gasteiger partial charge in [-0.25, -0.2) is 4.98 Å². The summed E-state index contributed by atoms with van der Waals surface area (Å²) in [4.78, 5) is 6.48. The Kier molecular flexibility index (Phi) is 4.21. The van der Waals surface area contributed by atoms with Crippen molar-refractivity contribution < 1.29 is 0 Å². The maximum absolute atomic E-state index is 5.68. The van der Waals surface area contributed by atoms with E-state index in [9.17, 15) is 0 Å². The van der Waals surface area contributed by atoms with E-state index in [1.807, 2.05) is 12.1 Å². The second-order valence-corrected chi connectivity index (χ2v) is 3.58. The summed E-state index contributed by atoms with van der Waals surface area (Å²) in [6.45, 7) is 6.25. The van der Waals surface area contributed by atoms with Gasteiger partial charge in [-0.1, -0.05) is 13.3 Å². The van der Waals surface area contributed by atoms with Crippen molar-refractivity contribution in [3.63, 3.8) is 0 Å². The van der Waals surface area contributed by atoms with E-state index in [-0.39, 0.29) is 0 Å². The van der Waals surface area contributed by atoms with Crippen molar-refractivity contribution in [2.75, 3.05) is 29.5 Å². The molecule has 0 aliphatic carbocycles. The molecule has 0 spiro atoms. The van der Waals surface area contributed by atoms with Crippen molar-refractivity contribution in [3.05, 3.63) is 12.1 Å². The van der Waals surface area contributed by atoms with Crippen LogP contribution in [0.15, 0.2) is 12.1 Å². The monoisotopic (exact) mass is 208 g/mol. The molecule has 1 aromatic heterocycles. The summed E-state index contributed by atoms with van der Waals surface area (Å²) < 4.78 is 0. The van der Waals surface area contributed by atoms with Gasteiger partial charge in [0, 0.05) is 13.1 Å². The number of hydrogen-bond donors (Lipinski definition) is 2. The highest BCUT2D eigenvalue weighted by Crippen LogP contribution is 2.18. The Morgan fingerprint density at radius 3 is 2.53 bits per heavy atom. The van der Waals surface area contributed by atoms with Gasteiger partial charge in [0.25, 0.3) is 0 Å². The normalized spacial score (nSPS) is 10.3. The molecule has 1 rings (SSSR count). The lowest BCUT2D eigenvalue weighted by atomic mass is 10.3. The van der Waals surface area contributed by atoms with Gasteiger partial charge in [-0.15, -0.1) is 0 Å². The molecule has 15 heavy (non-hydrogen) atoms. The number of nitrogens with two attached hydrogens (primary N) is 2. The molecule has 0 aliphatic heterocycles. The number of nitrogen functional groups attached to an aromatic ring is 2. The molecule has 84 valence electrons. The first kappa shape index (κ1) is 11.6. The van der Waals surface area contributed by atoms with Crippen molar-refractivity contribution in [2.45, 2.75) is 26.7 Å². The van der Waals surface area contributed by atoms with Crippen LogP contribution in [0.2, 0.25) is 0 Å². The van der Waals surface area contributed by atoms with Gasteiger partial charge in [-0.2, -0.15) is 0 Å². The third kappa shape index (κ3) is 3.01. The van der Waals surface area contributed by atoms with Crippen LogP contribution in [-0.2, 0) is 0 Å². The molecule has 0 aromatic carbocycles. The standard InChI is InChI=1S/C11H20N4/c1-3-5-8-15(4-2)10-7-6-9(12)11(13)14-10/h6-7H,3-5,8,12H2,1-2H3,(H2,13,14). The van der Waals surface area contributed by atoms with E-state index in [0.717, 1.165) is 18.9 Å². The van der Waals surface area contributed by atoms with Crippen molar-refractivity contribution in [1.82, 2.24) is 4.98 Å². The maximum atomic E-state index is 5.68. The van der Waals surface area contributed by atoms with Crippen LogP contribution in [-0.4, -0.2) is 18.1 Å². The molecule has 4 heteroatoms. The van der Waals surface area contributed by atoms with E-state index in [2.05, 4.69) is 23.7 Å². The SMILES string of the molecule is CCCCN(CC)c1ccc(N)c(N)n1. The topological polar surface area (TPSA) is 68.2 Å². The van der Waals surface area contributed by atoms with Crippen molar-refractivity contribution in [2.24, 2.45) is 0 Å². The van der Waals surface area contributed by atoms with Crippen LogP contribution in [0.1, 0.15) is 26.7 Å². The minimum Gasteiger partial charge on any atom is -0.396 e. The van der Waals surface area contributed by atoms with Crippen LogP contribution >= 0.6 is 0 Å². The van der Waals surface area contributed by atoms with E-state index in [1.54, 1.807) is 0 Å². The Hall–Kier alpha value is -1.45. The van der Waals surface area contributed by atoms with Crippen molar-refractivity contribution in [1.29, 1.82) is 0 Å². The summed E-state index contributed by atoms with van der Waals surface area (Å²) in [6.07, 6.45) is 2.35. The van der Waals surface area contributed by atoms with Gasteiger partial charge < -0.3 is 16.4 Å². The molecule has 0 fully saturated rings. The maximum Gasteiger partial charge on any atom is 0.149 e. The van der Waals surface area contributed by atoms with Gasteiger partial charge in [0.15, 0.2) is 0 Å². The number of unbranched alkanes of at least 4 members (excludes halogenated alkanes) is 1. The van der Waals surface area contributed by atoms with E-state index >= 15 is 0 Å². The number of anilines is 3. The molecular weight excluding hydrogens is 188 g/mol. The van der Waals surface area contributed by atoms with Crippen LogP contribution < -0.4 is 16.4 Å². The van der Waals surface area contributed by atoms with E-state index < -0.39 is 0 Å². The van der Waals surface area contributed by atoms with Gasteiger partial charge >= 0.3 is 0 Å². The highest BCUT2D eigenvalue weighted by atomic mass is 15.2. The summed E-state index contributed by atoms with van der Waals surface area (Å²) in [6, 6.07) is 3.73. The van der Waals surface area contributed by atoms with Crippen LogP contribution in [0, 0.1) is 0 Å². The number of hydrogen-bond acceptors (Lipinski definition) is 4. The van der Waals surface area contributed by atoms with Crippen LogP contribution in [0.25, 0.3) is 0 Å². The Labute approximate surface area is 91.3 Å². The quantitative estimate of drug-likeness (QED) is 0.775. The summed E-state index contributed by atoms with van der Waals surface area (Å²) in [5.74, 6) is 1.33. The molecule has 4 nitrogen and oxygen atoms in total. The van der Waals surface area contributed by atoms with Gasteiger partial charge in [-0.05, 0) is 25.5 Å². The first-order chi connectivity index (χ1) is 7.19. The van der Waals surface area contributed by atoms with Crippen LogP contribution in [0.5, 0.6) is 0 Å². The third-order valence-electron chi connectivity index (χ3n) is 2.43. The number of aromatic nitrogens is 1. The largest absolute Gasteiger partial charge is 0.396 e.